The number of nitrogens with one attached hydrogen (secondary N) is 1. The minimum atomic E-state index is -0.391. The summed E-state index contributed by atoms with van der Waals surface area (Å²) >= 11 is 0. The molecule has 1 fully saturated rings. The van der Waals surface area contributed by atoms with Gasteiger partial charge in [-0.05, 0) is 31.7 Å². The van der Waals surface area contributed by atoms with E-state index in [0.717, 1.165) is 24.8 Å². The number of alkyl carbamates (subject to hydrolysis) is 1. The highest BCUT2D eigenvalue weighted by Crippen LogP contribution is 2.25. The van der Waals surface area contributed by atoms with Crippen LogP contribution in [0.25, 0.3) is 0 Å². The lowest BCUT2D eigenvalue weighted by Gasteiger charge is -2.37. The van der Waals surface area contributed by atoms with E-state index in [4.69, 9.17) is 14.2 Å². The molecule has 0 spiro atoms. The van der Waals surface area contributed by atoms with Gasteiger partial charge in [-0.15, -0.1) is 0 Å². The zero-order valence-electron chi connectivity index (χ0n) is 13.3. The zero-order valence-corrected chi connectivity index (χ0v) is 13.3. The Kier molecular flexibility index (Phi) is 6.68. The summed E-state index contributed by atoms with van der Waals surface area (Å²) in [6, 6.07) is 9.99. The first kappa shape index (κ1) is 16.8. The van der Waals surface area contributed by atoms with Crippen LogP contribution in [0.2, 0.25) is 0 Å². The molecule has 1 aliphatic rings. The molecule has 3 atom stereocenters. The zero-order chi connectivity index (χ0) is 15.8. The summed E-state index contributed by atoms with van der Waals surface area (Å²) in [6.07, 6.45) is 2.25. The van der Waals surface area contributed by atoms with Crippen LogP contribution in [0.15, 0.2) is 30.3 Å². The Morgan fingerprint density at radius 2 is 2.05 bits per heavy atom. The summed E-state index contributed by atoms with van der Waals surface area (Å²) in [5, 5.41) is 2.88. The number of carbonyl (C=O) groups excluding carboxylic acids is 1. The molecular weight excluding hydrogens is 282 g/mol. The third-order valence-electron chi connectivity index (χ3n) is 3.92. The van der Waals surface area contributed by atoms with Crippen molar-refractivity contribution in [1.29, 1.82) is 0 Å². The molecule has 1 saturated carbocycles. The number of hydrogen-bond acceptors (Lipinski definition) is 4. The molecule has 1 N–H and O–H groups in total. The first-order valence-corrected chi connectivity index (χ1v) is 7.86. The number of benzene rings is 1. The van der Waals surface area contributed by atoms with Crippen molar-refractivity contribution in [1.82, 2.24) is 5.32 Å². The third-order valence-corrected chi connectivity index (χ3v) is 3.92. The molecule has 1 aromatic carbocycles. The van der Waals surface area contributed by atoms with Gasteiger partial charge in [-0.2, -0.15) is 0 Å². The molecular formula is C17H25NO4. The second-order valence-electron chi connectivity index (χ2n) is 5.44. The van der Waals surface area contributed by atoms with Gasteiger partial charge >= 0.3 is 6.09 Å². The average Bonchev–Trinajstić information content (AvgIpc) is 2.54. The number of carbonyl (C=O) groups is 1. The molecule has 122 valence electrons. The molecule has 0 unspecified atom stereocenters. The molecule has 5 heteroatoms. The van der Waals surface area contributed by atoms with E-state index < -0.39 is 6.09 Å². The Morgan fingerprint density at radius 1 is 1.27 bits per heavy atom. The van der Waals surface area contributed by atoms with Gasteiger partial charge in [0.15, 0.2) is 0 Å². The fourth-order valence-electron chi connectivity index (χ4n) is 2.88. The summed E-state index contributed by atoms with van der Waals surface area (Å²) in [5.41, 5.74) is 1.14. The van der Waals surface area contributed by atoms with E-state index in [1.54, 1.807) is 14.0 Å². The summed E-state index contributed by atoms with van der Waals surface area (Å²) < 4.78 is 16.6. The number of hydrogen-bond donors (Lipinski definition) is 1. The Balaban J connectivity index is 1.91. The maximum absolute atomic E-state index is 11.6. The summed E-state index contributed by atoms with van der Waals surface area (Å²) in [6.45, 7) is 2.71. The van der Waals surface area contributed by atoms with Crippen molar-refractivity contribution in [3.8, 4) is 0 Å². The van der Waals surface area contributed by atoms with E-state index >= 15 is 0 Å². The van der Waals surface area contributed by atoms with E-state index in [9.17, 15) is 4.79 Å². The number of ether oxygens (including phenoxy) is 3. The molecule has 22 heavy (non-hydrogen) atoms. The van der Waals surface area contributed by atoms with Gasteiger partial charge in [0.25, 0.3) is 0 Å². The van der Waals surface area contributed by atoms with Crippen LogP contribution >= 0.6 is 0 Å². The molecule has 0 radical (unpaired) electrons. The molecule has 0 aliphatic heterocycles. The van der Waals surface area contributed by atoms with E-state index in [1.165, 1.54) is 0 Å². The highest BCUT2D eigenvalue weighted by atomic mass is 16.6. The summed E-state index contributed by atoms with van der Waals surface area (Å²) in [4.78, 5) is 11.6. The fraction of sp³-hybridized carbons (Fsp3) is 0.588. The van der Waals surface area contributed by atoms with Gasteiger partial charge in [0.2, 0.25) is 0 Å². The molecule has 0 saturated heterocycles. The summed E-state index contributed by atoms with van der Waals surface area (Å²) in [5.74, 6) is 0. The highest BCUT2D eigenvalue weighted by molar-refractivity contribution is 5.67. The molecule has 5 nitrogen and oxygen atoms in total. The van der Waals surface area contributed by atoms with Crippen molar-refractivity contribution in [3.63, 3.8) is 0 Å². The topological polar surface area (TPSA) is 56.8 Å². The lowest BCUT2D eigenvalue weighted by atomic mass is 9.89. The predicted octanol–water partition coefficient (Wildman–Crippen LogP) is 2.89. The minimum Gasteiger partial charge on any atom is -0.450 e. The molecule has 2 rings (SSSR count). The van der Waals surface area contributed by atoms with Crippen LogP contribution in [0, 0.1) is 0 Å². The monoisotopic (exact) mass is 307 g/mol. The minimum absolute atomic E-state index is 0.0223. The first-order valence-electron chi connectivity index (χ1n) is 7.86. The molecule has 0 bridgehead atoms. The fourth-order valence-corrected chi connectivity index (χ4v) is 2.88. The quantitative estimate of drug-likeness (QED) is 0.878. The Labute approximate surface area is 131 Å². The Bertz CT molecular complexity index is 451. The van der Waals surface area contributed by atoms with Crippen molar-refractivity contribution in [2.24, 2.45) is 0 Å². The maximum Gasteiger partial charge on any atom is 0.407 e. The van der Waals surface area contributed by atoms with E-state index in [-0.39, 0.29) is 18.2 Å². The molecule has 0 heterocycles. The smallest absolute Gasteiger partial charge is 0.407 e. The van der Waals surface area contributed by atoms with Gasteiger partial charge in [0, 0.05) is 7.11 Å². The van der Waals surface area contributed by atoms with Gasteiger partial charge in [0.05, 0.1) is 25.4 Å². The van der Waals surface area contributed by atoms with Gasteiger partial charge in [-0.3, -0.25) is 0 Å². The normalized spacial score (nSPS) is 24.7. The predicted molar refractivity (Wildman–Crippen MR) is 83.6 cm³/mol. The number of rotatable bonds is 6. The molecule has 1 aromatic rings. The van der Waals surface area contributed by atoms with Crippen LogP contribution in [0.4, 0.5) is 4.79 Å². The standard InChI is InChI=1S/C17H25NO4/c1-3-21-17(19)18-14-10-7-11-15(16(14)20-2)22-12-13-8-5-4-6-9-13/h4-6,8-9,14-16H,3,7,10-12H2,1-2H3,(H,18,19)/t14-,15-,16+/m0/s1. The van der Waals surface area contributed by atoms with Gasteiger partial charge in [-0.25, -0.2) is 4.79 Å². The Hall–Kier alpha value is -1.59. The lowest BCUT2D eigenvalue weighted by Crippen LogP contribution is -2.52. The number of amides is 1. The van der Waals surface area contributed by atoms with Crippen LogP contribution < -0.4 is 5.32 Å². The van der Waals surface area contributed by atoms with Crippen molar-refractivity contribution in [2.75, 3.05) is 13.7 Å². The molecule has 1 aliphatic carbocycles. The first-order chi connectivity index (χ1) is 10.7. The van der Waals surface area contributed by atoms with Crippen LogP contribution in [0.3, 0.4) is 0 Å². The SMILES string of the molecule is CCOC(=O)N[C@H]1CCC[C@H](OCc2ccccc2)[C@@H]1OC. The lowest BCUT2D eigenvalue weighted by molar-refractivity contribution is -0.0955. The van der Waals surface area contributed by atoms with Gasteiger partial charge in [-0.1, -0.05) is 30.3 Å². The van der Waals surface area contributed by atoms with E-state index in [2.05, 4.69) is 5.32 Å². The third kappa shape index (κ3) is 4.71. The molecule has 0 aromatic heterocycles. The maximum atomic E-state index is 11.6. The van der Waals surface area contributed by atoms with Gasteiger partial charge in [0.1, 0.15) is 6.10 Å². The second-order valence-corrected chi connectivity index (χ2v) is 5.44. The van der Waals surface area contributed by atoms with Crippen LogP contribution in [0.1, 0.15) is 31.7 Å². The van der Waals surface area contributed by atoms with Crippen LogP contribution in [-0.4, -0.2) is 38.1 Å². The Morgan fingerprint density at radius 3 is 2.73 bits per heavy atom. The average molecular weight is 307 g/mol. The van der Waals surface area contributed by atoms with Crippen LogP contribution in [0.5, 0.6) is 0 Å². The van der Waals surface area contributed by atoms with E-state index in [1.807, 2.05) is 30.3 Å². The van der Waals surface area contributed by atoms with Crippen molar-refractivity contribution in [2.45, 2.75) is 51.0 Å². The summed E-state index contributed by atoms with van der Waals surface area (Å²) in [7, 11) is 1.66. The second kappa shape index (κ2) is 8.76. The van der Waals surface area contributed by atoms with Crippen molar-refractivity contribution >= 4 is 6.09 Å². The van der Waals surface area contributed by atoms with Crippen LogP contribution in [-0.2, 0) is 20.8 Å². The van der Waals surface area contributed by atoms with Crippen molar-refractivity contribution < 1.29 is 19.0 Å². The van der Waals surface area contributed by atoms with E-state index in [0.29, 0.717) is 13.2 Å². The van der Waals surface area contributed by atoms with Crippen molar-refractivity contribution in [3.05, 3.63) is 35.9 Å². The molecule has 1 amide bonds. The number of methoxy groups -OCH3 is 1. The van der Waals surface area contributed by atoms with Gasteiger partial charge < -0.3 is 19.5 Å². The highest BCUT2D eigenvalue weighted by Gasteiger charge is 2.35. The largest absolute Gasteiger partial charge is 0.450 e.